The molecule has 2 aromatic rings. The van der Waals surface area contributed by atoms with Gasteiger partial charge in [0.2, 0.25) is 5.91 Å². The first-order chi connectivity index (χ1) is 10.5. The monoisotopic (exact) mass is 299 g/mol. The summed E-state index contributed by atoms with van der Waals surface area (Å²) in [5.41, 5.74) is 2.02. The number of hydrogen-bond donors (Lipinski definition) is 1. The maximum Gasteiger partial charge on any atom is 0.224 e. The van der Waals surface area contributed by atoms with Gasteiger partial charge in [-0.3, -0.25) is 4.79 Å². The topological polar surface area (TPSA) is 46.9 Å². The third kappa shape index (κ3) is 5.02. The van der Waals surface area contributed by atoms with Gasteiger partial charge in [-0.15, -0.1) is 0 Å². The molecule has 0 spiro atoms. The molecule has 0 aliphatic carbocycles. The molecule has 4 nitrogen and oxygen atoms in total. The zero-order valence-corrected chi connectivity index (χ0v) is 13.6. The van der Waals surface area contributed by atoms with E-state index in [4.69, 9.17) is 0 Å². The molecule has 0 aliphatic heterocycles. The number of carbonyl (C=O) groups is 1. The van der Waals surface area contributed by atoms with E-state index in [2.05, 4.69) is 31.2 Å². The van der Waals surface area contributed by atoms with Crippen LogP contribution in [0.1, 0.15) is 39.2 Å². The van der Waals surface area contributed by atoms with Gasteiger partial charge in [0.1, 0.15) is 0 Å². The number of aromatic nitrogens is 2. The summed E-state index contributed by atoms with van der Waals surface area (Å²) < 4.78 is 1.80. The van der Waals surface area contributed by atoms with E-state index in [1.165, 1.54) is 0 Å². The van der Waals surface area contributed by atoms with Gasteiger partial charge < -0.3 is 5.32 Å². The van der Waals surface area contributed by atoms with E-state index in [1.807, 2.05) is 36.5 Å². The summed E-state index contributed by atoms with van der Waals surface area (Å²) in [5, 5.41) is 7.26. The first-order valence-corrected chi connectivity index (χ1v) is 7.93. The predicted octanol–water partition coefficient (Wildman–Crippen LogP) is 3.36. The van der Waals surface area contributed by atoms with Crippen molar-refractivity contribution in [3.05, 3.63) is 48.3 Å². The van der Waals surface area contributed by atoms with Crippen molar-refractivity contribution in [1.29, 1.82) is 0 Å². The molecule has 1 N–H and O–H groups in total. The van der Waals surface area contributed by atoms with Crippen molar-refractivity contribution in [3.8, 4) is 5.69 Å². The van der Waals surface area contributed by atoms with Gasteiger partial charge in [0.15, 0.2) is 0 Å². The zero-order valence-electron chi connectivity index (χ0n) is 13.6. The van der Waals surface area contributed by atoms with Crippen LogP contribution in [-0.4, -0.2) is 21.7 Å². The van der Waals surface area contributed by atoms with Crippen LogP contribution in [0.2, 0.25) is 0 Å². The maximum absolute atomic E-state index is 12.1. The number of hydrogen-bond acceptors (Lipinski definition) is 2. The standard InChI is InChI=1S/C18H25N3O/c1-14(2)5-6-15(3)20-18(22)13-16-7-9-17(10-8-16)21-12-4-11-19-21/h4,7-12,14-15H,5-6,13H2,1-3H3,(H,20,22). The van der Waals surface area contributed by atoms with E-state index in [0.29, 0.717) is 12.3 Å². The summed E-state index contributed by atoms with van der Waals surface area (Å²) in [4.78, 5) is 12.1. The highest BCUT2D eigenvalue weighted by Gasteiger charge is 2.09. The van der Waals surface area contributed by atoms with Crippen LogP contribution in [0.5, 0.6) is 0 Å². The van der Waals surface area contributed by atoms with Crippen molar-refractivity contribution < 1.29 is 4.79 Å². The summed E-state index contributed by atoms with van der Waals surface area (Å²) >= 11 is 0. The smallest absolute Gasteiger partial charge is 0.224 e. The van der Waals surface area contributed by atoms with E-state index in [-0.39, 0.29) is 11.9 Å². The molecule has 0 saturated carbocycles. The molecule has 1 heterocycles. The lowest BCUT2D eigenvalue weighted by molar-refractivity contribution is -0.121. The third-order valence-electron chi connectivity index (χ3n) is 3.65. The van der Waals surface area contributed by atoms with Crippen molar-refractivity contribution in [2.75, 3.05) is 0 Å². The van der Waals surface area contributed by atoms with Crippen LogP contribution in [-0.2, 0) is 11.2 Å². The Hall–Kier alpha value is -2.10. The highest BCUT2D eigenvalue weighted by atomic mass is 16.1. The van der Waals surface area contributed by atoms with E-state index in [0.717, 1.165) is 24.1 Å². The maximum atomic E-state index is 12.1. The minimum absolute atomic E-state index is 0.0862. The molecular weight excluding hydrogens is 274 g/mol. The van der Waals surface area contributed by atoms with E-state index in [9.17, 15) is 4.79 Å². The minimum atomic E-state index is 0.0862. The predicted molar refractivity (Wildman–Crippen MR) is 88.9 cm³/mol. The van der Waals surface area contributed by atoms with Gasteiger partial charge in [-0.1, -0.05) is 26.0 Å². The quantitative estimate of drug-likeness (QED) is 0.852. The van der Waals surface area contributed by atoms with Gasteiger partial charge in [-0.05, 0) is 49.4 Å². The molecule has 1 amide bonds. The van der Waals surface area contributed by atoms with Crippen LogP contribution in [0.3, 0.4) is 0 Å². The van der Waals surface area contributed by atoms with Gasteiger partial charge in [-0.25, -0.2) is 4.68 Å². The van der Waals surface area contributed by atoms with Crippen molar-refractivity contribution in [2.24, 2.45) is 5.92 Å². The average Bonchev–Trinajstić information content (AvgIpc) is 3.00. The molecular formula is C18H25N3O. The minimum Gasteiger partial charge on any atom is -0.353 e. The Bertz CT molecular complexity index is 573. The van der Waals surface area contributed by atoms with Gasteiger partial charge in [0, 0.05) is 18.4 Å². The Kier molecular flexibility index (Phi) is 5.75. The van der Waals surface area contributed by atoms with E-state index >= 15 is 0 Å². The molecule has 0 bridgehead atoms. The fourth-order valence-electron chi connectivity index (χ4n) is 2.35. The van der Waals surface area contributed by atoms with Crippen LogP contribution in [0.15, 0.2) is 42.7 Å². The molecule has 0 aliphatic rings. The van der Waals surface area contributed by atoms with Crippen LogP contribution in [0.25, 0.3) is 5.69 Å². The number of benzene rings is 1. The van der Waals surface area contributed by atoms with Gasteiger partial charge in [-0.2, -0.15) is 5.10 Å². The second-order valence-electron chi connectivity index (χ2n) is 6.23. The number of carbonyl (C=O) groups excluding carboxylic acids is 1. The van der Waals surface area contributed by atoms with Crippen LogP contribution < -0.4 is 5.32 Å². The Morgan fingerprint density at radius 1 is 1.18 bits per heavy atom. The molecule has 2 rings (SSSR count). The first kappa shape index (κ1) is 16.3. The highest BCUT2D eigenvalue weighted by Crippen LogP contribution is 2.10. The number of nitrogens with zero attached hydrogens (tertiary/aromatic N) is 2. The normalized spacial score (nSPS) is 12.4. The van der Waals surface area contributed by atoms with Crippen molar-refractivity contribution in [3.63, 3.8) is 0 Å². The summed E-state index contributed by atoms with van der Waals surface area (Å²) in [7, 11) is 0. The van der Waals surface area contributed by atoms with Crippen molar-refractivity contribution in [1.82, 2.24) is 15.1 Å². The molecule has 1 atom stereocenters. The molecule has 0 fully saturated rings. The van der Waals surface area contributed by atoms with E-state index in [1.54, 1.807) is 10.9 Å². The molecule has 0 radical (unpaired) electrons. The van der Waals surface area contributed by atoms with E-state index < -0.39 is 0 Å². The lowest BCUT2D eigenvalue weighted by Crippen LogP contribution is -2.33. The second-order valence-corrected chi connectivity index (χ2v) is 6.23. The molecule has 1 unspecified atom stereocenters. The largest absolute Gasteiger partial charge is 0.353 e. The molecule has 1 aromatic carbocycles. The SMILES string of the molecule is CC(C)CCC(C)NC(=O)Cc1ccc(-n2cccn2)cc1. The second kappa shape index (κ2) is 7.78. The molecule has 1 aromatic heterocycles. The summed E-state index contributed by atoms with van der Waals surface area (Å²) in [5.74, 6) is 0.761. The molecule has 118 valence electrons. The van der Waals surface area contributed by atoms with Crippen LogP contribution in [0.4, 0.5) is 0 Å². The fraction of sp³-hybridized carbons (Fsp3) is 0.444. The first-order valence-electron chi connectivity index (χ1n) is 7.93. The summed E-state index contributed by atoms with van der Waals surface area (Å²) in [6.45, 7) is 6.48. The lowest BCUT2D eigenvalue weighted by Gasteiger charge is -2.15. The summed E-state index contributed by atoms with van der Waals surface area (Å²) in [6, 6.07) is 10.1. The van der Waals surface area contributed by atoms with Gasteiger partial charge in [0.25, 0.3) is 0 Å². The van der Waals surface area contributed by atoms with Crippen LogP contribution in [0, 0.1) is 5.92 Å². The fourth-order valence-corrected chi connectivity index (χ4v) is 2.35. The third-order valence-corrected chi connectivity index (χ3v) is 3.65. The van der Waals surface area contributed by atoms with Crippen LogP contribution >= 0.6 is 0 Å². The summed E-state index contributed by atoms with van der Waals surface area (Å²) in [6.07, 6.45) is 6.24. The van der Waals surface area contributed by atoms with Gasteiger partial charge in [0.05, 0.1) is 12.1 Å². The zero-order chi connectivity index (χ0) is 15.9. The van der Waals surface area contributed by atoms with Crippen molar-refractivity contribution >= 4 is 5.91 Å². The number of nitrogens with one attached hydrogen (secondary N) is 1. The Labute approximate surface area is 132 Å². The molecule has 22 heavy (non-hydrogen) atoms. The Balaban J connectivity index is 1.84. The lowest BCUT2D eigenvalue weighted by atomic mass is 10.0. The number of amides is 1. The highest BCUT2D eigenvalue weighted by molar-refractivity contribution is 5.78. The molecule has 0 saturated heterocycles. The number of rotatable bonds is 7. The van der Waals surface area contributed by atoms with Crippen molar-refractivity contribution in [2.45, 2.75) is 46.1 Å². The van der Waals surface area contributed by atoms with Gasteiger partial charge >= 0.3 is 0 Å². The Morgan fingerprint density at radius 2 is 1.91 bits per heavy atom. The Morgan fingerprint density at radius 3 is 2.50 bits per heavy atom. The molecule has 4 heteroatoms. The average molecular weight is 299 g/mol.